The van der Waals surface area contributed by atoms with Crippen LogP contribution in [-0.4, -0.2) is 31.0 Å². The Morgan fingerprint density at radius 3 is 2.76 bits per heavy atom. The number of benzene rings is 2. The number of nitro benzene ring substituents is 1. The van der Waals surface area contributed by atoms with Crippen molar-refractivity contribution in [2.24, 2.45) is 0 Å². The number of non-ortho nitro benzene ring substituents is 1. The fourth-order valence-corrected chi connectivity index (χ4v) is 3.33. The van der Waals surface area contributed by atoms with Gasteiger partial charge in [0, 0.05) is 23.5 Å². The Morgan fingerprint density at radius 1 is 1.21 bits per heavy atom. The Labute approximate surface area is 165 Å². The molecule has 10 nitrogen and oxygen atoms in total. The minimum Gasteiger partial charge on any atom is -0.326 e. The second-order valence-electron chi connectivity index (χ2n) is 6.63. The van der Waals surface area contributed by atoms with Crippen LogP contribution in [0.1, 0.15) is 24.1 Å². The van der Waals surface area contributed by atoms with Crippen LogP contribution in [0.4, 0.5) is 17.3 Å². The van der Waals surface area contributed by atoms with E-state index in [-0.39, 0.29) is 11.6 Å². The lowest BCUT2D eigenvalue weighted by Crippen LogP contribution is -2.31. The lowest BCUT2D eigenvalue weighted by atomic mass is 9.94. The quantitative estimate of drug-likeness (QED) is 0.517. The van der Waals surface area contributed by atoms with Gasteiger partial charge in [0.1, 0.15) is 6.04 Å². The topological polar surface area (TPSA) is 128 Å². The molecule has 2 N–H and O–H groups in total. The lowest BCUT2D eigenvalue weighted by Gasteiger charge is -2.28. The Morgan fingerprint density at radius 2 is 2.00 bits per heavy atom. The van der Waals surface area contributed by atoms with Gasteiger partial charge in [-0.1, -0.05) is 35.4 Å². The molecule has 1 aliphatic heterocycles. The van der Waals surface area contributed by atoms with Crippen molar-refractivity contribution in [2.75, 3.05) is 10.6 Å². The van der Waals surface area contributed by atoms with Crippen LogP contribution in [0.15, 0.2) is 59.8 Å². The van der Waals surface area contributed by atoms with Gasteiger partial charge in [-0.2, -0.15) is 4.68 Å². The maximum atomic E-state index is 13.2. The van der Waals surface area contributed by atoms with E-state index in [2.05, 4.69) is 26.2 Å². The average Bonchev–Trinajstić information content (AvgIpc) is 3.16. The van der Waals surface area contributed by atoms with Crippen molar-refractivity contribution >= 4 is 23.2 Å². The number of carbonyl (C=O) groups excluding carboxylic acids is 1. The predicted octanol–water partition coefficient (Wildman–Crippen LogP) is 2.82. The molecule has 0 bridgehead atoms. The molecular weight excluding hydrogens is 374 g/mol. The smallest absolute Gasteiger partial charge is 0.269 e. The molecule has 2 heterocycles. The van der Waals surface area contributed by atoms with Crippen LogP contribution in [0.3, 0.4) is 0 Å². The van der Waals surface area contributed by atoms with Gasteiger partial charge in [0.25, 0.3) is 11.6 Å². The number of aromatic nitrogens is 4. The van der Waals surface area contributed by atoms with Gasteiger partial charge >= 0.3 is 0 Å². The summed E-state index contributed by atoms with van der Waals surface area (Å²) in [6.07, 6.45) is 0. The normalized spacial score (nSPS) is 15.4. The van der Waals surface area contributed by atoms with Gasteiger partial charge in [-0.15, -0.1) is 0 Å². The molecule has 1 aromatic heterocycles. The predicted molar refractivity (Wildman–Crippen MR) is 105 cm³/mol. The van der Waals surface area contributed by atoms with Crippen LogP contribution in [-0.2, 0) is 4.79 Å². The van der Waals surface area contributed by atoms with Gasteiger partial charge in [0.15, 0.2) is 0 Å². The Hall–Kier alpha value is -4.08. The van der Waals surface area contributed by atoms with Crippen molar-refractivity contribution in [3.63, 3.8) is 0 Å². The number of nitrogens with one attached hydrogen (secondary N) is 2. The van der Waals surface area contributed by atoms with Crippen molar-refractivity contribution < 1.29 is 9.72 Å². The highest BCUT2D eigenvalue weighted by molar-refractivity contribution is 6.06. The van der Waals surface area contributed by atoms with E-state index in [0.29, 0.717) is 28.5 Å². The van der Waals surface area contributed by atoms with Crippen molar-refractivity contribution in [3.8, 4) is 0 Å². The molecule has 4 rings (SSSR count). The van der Waals surface area contributed by atoms with E-state index in [9.17, 15) is 14.9 Å². The van der Waals surface area contributed by atoms with Gasteiger partial charge in [0.05, 0.1) is 10.5 Å². The van der Waals surface area contributed by atoms with Gasteiger partial charge in [0.2, 0.25) is 5.95 Å². The Bertz CT molecular complexity index is 1150. The minimum atomic E-state index is -0.717. The van der Waals surface area contributed by atoms with Crippen LogP contribution in [0.2, 0.25) is 0 Å². The van der Waals surface area contributed by atoms with E-state index >= 15 is 0 Å². The Balaban J connectivity index is 1.80. The summed E-state index contributed by atoms with van der Waals surface area (Å²) >= 11 is 0. The van der Waals surface area contributed by atoms with Crippen LogP contribution in [0, 0.1) is 17.0 Å². The van der Waals surface area contributed by atoms with E-state index in [1.807, 2.05) is 31.2 Å². The first-order valence-electron chi connectivity index (χ1n) is 8.82. The van der Waals surface area contributed by atoms with Crippen LogP contribution in [0.25, 0.3) is 0 Å². The molecule has 0 radical (unpaired) electrons. The summed E-state index contributed by atoms with van der Waals surface area (Å²) in [5, 5.41) is 28.8. The van der Waals surface area contributed by atoms with Crippen molar-refractivity contribution in [2.45, 2.75) is 19.9 Å². The Kier molecular flexibility index (Phi) is 4.51. The highest BCUT2D eigenvalue weighted by atomic mass is 16.6. The van der Waals surface area contributed by atoms with Crippen LogP contribution < -0.4 is 10.6 Å². The summed E-state index contributed by atoms with van der Waals surface area (Å²) in [7, 11) is 0. The molecule has 0 unspecified atom stereocenters. The molecule has 29 heavy (non-hydrogen) atoms. The van der Waals surface area contributed by atoms with Crippen molar-refractivity contribution in [1.82, 2.24) is 20.2 Å². The van der Waals surface area contributed by atoms with E-state index in [0.717, 1.165) is 5.56 Å². The van der Waals surface area contributed by atoms with Gasteiger partial charge in [-0.05, 0) is 41.5 Å². The average molecular weight is 391 g/mol. The molecule has 1 aliphatic rings. The molecule has 146 valence electrons. The molecule has 1 atom stereocenters. The number of allylic oxidation sites excluding steroid dienone is 1. The fourth-order valence-electron chi connectivity index (χ4n) is 3.33. The summed E-state index contributed by atoms with van der Waals surface area (Å²) in [5.41, 5.74) is 2.98. The second-order valence-corrected chi connectivity index (χ2v) is 6.63. The van der Waals surface area contributed by atoms with Crippen molar-refractivity contribution in [3.05, 3.63) is 81.0 Å². The number of para-hydroxylation sites is 1. The second kappa shape index (κ2) is 7.15. The number of hydrogen-bond donors (Lipinski definition) is 2. The van der Waals surface area contributed by atoms with Crippen LogP contribution in [0.5, 0.6) is 0 Å². The number of anilines is 2. The molecule has 0 saturated heterocycles. The van der Waals surface area contributed by atoms with Gasteiger partial charge in [-0.3, -0.25) is 14.9 Å². The third-order valence-electron chi connectivity index (χ3n) is 4.75. The maximum Gasteiger partial charge on any atom is 0.269 e. The van der Waals surface area contributed by atoms with E-state index < -0.39 is 11.0 Å². The first kappa shape index (κ1) is 18.3. The third kappa shape index (κ3) is 3.31. The van der Waals surface area contributed by atoms with E-state index in [1.54, 1.807) is 19.1 Å². The molecule has 2 aromatic carbocycles. The largest absolute Gasteiger partial charge is 0.326 e. The highest BCUT2D eigenvalue weighted by Crippen LogP contribution is 2.36. The number of aryl methyl sites for hydroxylation is 1. The maximum absolute atomic E-state index is 13.2. The number of rotatable bonds is 4. The lowest BCUT2D eigenvalue weighted by molar-refractivity contribution is -0.384. The molecule has 0 fully saturated rings. The molecule has 3 aromatic rings. The molecular formula is C19H17N7O3. The number of amides is 1. The standard InChI is InChI=1S/C19H17N7O3/c1-11-6-3-4-9-15(11)21-18(27)16-12(2)20-19-22-23-24-25(19)17(16)13-7-5-8-14(10-13)26(28)29/h3-10,17H,1-2H3,(H,21,27)(H,20,22,24)/t17-/m1/s1. The fraction of sp³-hybridized carbons (Fsp3) is 0.158. The zero-order valence-corrected chi connectivity index (χ0v) is 15.7. The summed E-state index contributed by atoms with van der Waals surface area (Å²) in [6.45, 7) is 3.64. The summed E-state index contributed by atoms with van der Waals surface area (Å²) in [6, 6.07) is 12.8. The van der Waals surface area contributed by atoms with Crippen molar-refractivity contribution in [1.29, 1.82) is 0 Å². The molecule has 0 aliphatic carbocycles. The number of tetrazole rings is 1. The monoisotopic (exact) mass is 391 g/mol. The zero-order valence-electron chi connectivity index (χ0n) is 15.7. The molecule has 10 heteroatoms. The summed E-state index contributed by atoms with van der Waals surface area (Å²) in [5.74, 6) is 0.00778. The van der Waals surface area contributed by atoms with E-state index in [4.69, 9.17) is 0 Å². The molecule has 0 saturated carbocycles. The van der Waals surface area contributed by atoms with Crippen LogP contribution >= 0.6 is 0 Å². The number of nitrogens with zero attached hydrogens (tertiary/aromatic N) is 5. The molecule has 1 amide bonds. The summed E-state index contributed by atoms with van der Waals surface area (Å²) in [4.78, 5) is 24.0. The first-order valence-corrected chi connectivity index (χ1v) is 8.82. The number of nitro groups is 1. The van der Waals surface area contributed by atoms with Gasteiger partial charge < -0.3 is 10.6 Å². The van der Waals surface area contributed by atoms with E-state index in [1.165, 1.54) is 16.8 Å². The number of fused-ring (bicyclic) bond motifs is 1. The third-order valence-corrected chi connectivity index (χ3v) is 4.75. The first-order chi connectivity index (χ1) is 14.0. The minimum absolute atomic E-state index is 0.0769. The summed E-state index contributed by atoms with van der Waals surface area (Å²) < 4.78 is 1.44. The number of hydrogen-bond acceptors (Lipinski definition) is 7. The molecule has 0 spiro atoms. The highest BCUT2D eigenvalue weighted by Gasteiger charge is 2.34. The SMILES string of the molecule is CC1=C(C(=O)Nc2ccccc2C)[C@@H](c2cccc([N+](=O)[O-])c2)n2nnnc2N1. The van der Waals surface area contributed by atoms with Gasteiger partial charge in [-0.25, -0.2) is 0 Å². The number of carbonyl (C=O) groups is 1. The zero-order chi connectivity index (χ0) is 20.5.